The molecule has 0 aliphatic carbocycles. The third kappa shape index (κ3) is 3.89. The molecule has 1 amide bonds. The number of aromatic nitrogens is 2. The summed E-state index contributed by atoms with van der Waals surface area (Å²) in [4.78, 5) is 31.8. The van der Waals surface area contributed by atoms with Crippen LogP contribution in [0.4, 0.5) is 4.39 Å². The van der Waals surface area contributed by atoms with Crippen molar-refractivity contribution in [2.75, 3.05) is 13.1 Å². The van der Waals surface area contributed by atoms with Crippen LogP contribution in [0.1, 0.15) is 21.5 Å². The van der Waals surface area contributed by atoms with Gasteiger partial charge in [-0.3, -0.25) is 19.1 Å². The Morgan fingerprint density at radius 3 is 2.53 bits per heavy atom. The summed E-state index contributed by atoms with van der Waals surface area (Å²) in [5.41, 5.74) is 1.69. The number of nitrogens with zero attached hydrogens (tertiary/aromatic N) is 3. The number of benzene rings is 1. The predicted molar refractivity (Wildman–Crippen MR) is 110 cm³/mol. The summed E-state index contributed by atoms with van der Waals surface area (Å²) in [6.45, 7) is 2.26. The molecule has 1 fully saturated rings. The number of carbonyl (C=O) groups excluding carboxylic acids is 1. The molecule has 3 heterocycles. The molecule has 0 unspecified atom stereocenters. The second kappa shape index (κ2) is 8.20. The number of rotatable bonds is 4. The predicted octanol–water partition coefficient (Wildman–Crippen LogP) is 2.36. The lowest BCUT2D eigenvalue weighted by Crippen LogP contribution is -2.36. The van der Waals surface area contributed by atoms with Crippen molar-refractivity contribution in [2.24, 2.45) is 5.92 Å². The molecule has 2 atom stereocenters. The maximum atomic E-state index is 13.2. The minimum absolute atomic E-state index is 0.0681. The molecule has 1 saturated heterocycles. The zero-order valence-electron chi connectivity index (χ0n) is 16.5. The molecule has 1 N–H and O–H groups in total. The quantitative estimate of drug-likeness (QED) is 0.721. The monoisotopic (exact) mass is 407 g/mol. The highest BCUT2D eigenvalue weighted by Crippen LogP contribution is 2.23. The molecule has 3 aromatic rings. The lowest BCUT2D eigenvalue weighted by atomic mass is 9.97. The lowest BCUT2D eigenvalue weighted by Gasteiger charge is -2.18. The number of aliphatic hydroxyl groups excluding tert-OH is 1. The molecular formula is C23H22FN3O3. The molecule has 0 saturated carbocycles. The van der Waals surface area contributed by atoms with E-state index >= 15 is 0 Å². The van der Waals surface area contributed by atoms with E-state index in [-0.39, 0.29) is 18.0 Å². The van der Waals surface area contributed by atoms with Gasteiger partial charge in [0, 0.05) is 43.3 Å². The SMILES string of the molecule is Cc1ccn(-c2ccc(F)cc2)c(=O)c1C(=O)N1C[C@@H](Cc2ccncc2)[C@H](O)C1. The van der Waals surface area contributed by atoms with Crippen molar-refractivity contribution in [3.8, 4) is 5.69 Å². The van der Waals surface area contributed by atoms with E-state index in [2.05, 4.69) is 4.98 Å². The van der Waals surface area contributed by atoms with Gasteiger partial charge in [0.15, 0.2) is 0 Å². The first-order valence-electron chi connectivity index (χ1n) is 9.78. The maximum Gasteiger partial charge on any atom is 0.268 e. The van der Waals surface area contributed by atoms with Crippen LogP contribution in [0, 0.1) is 18.7 Å². The Morgan fingerprint density at radius 2 is 1.83 bits per heavy atom. The van der Waals surface area contributed by atoms with Crippen LogP contribution >= 0.6 is 0 Å². The topological polar surface area (TPSA) is 75.4 Å². The van der Waals surface area contributed by atoms with Gasteiger partial charge < -0.3 is 10.0 Å². The van der Waals surface area contributed by atoms with Crippen molar-refractivity contribution in [3.05, 3.63) is 93.9 Å². The van der Waals surface area contributed by atoms with Gasteiger partial charge in [-0.15, -0.1) is 0 Å². The number of aliphatic hydroxyl groups is 1. The summed E-state index contributed by atoms with van der Waals surface area (Å²) in [5, 5.41) is 10.5. The second-order valence-corrected chi connectivity index (χ2v) is 7.62. The average molecular weight is 407 g/mol. The van der Waals surface area contributed by atoms with Crippen LogP contribution in [-0.4, -0.2) is 44.7 Å². The third-order valence-corrected chi connectivity index (χ3v) is 5.56. The van der Waals surface area contributed by atoms with Crippen LogP contribution in [0.15, 0.2) is 65.8 Å². The van der Waals surface area contributed by atoms with Crippen LogP contribution in [-0.2, 0) is 6.42 Å². The normalized spacial score (nSPS) is 18.6. The minimum Gasteiger partial charge on any atom is -0.391 e. The highest BCUT2D eigenvalue weighted by atomic mass is 19.1. The van der Waals surface area contributed by atoms with Gasteiger partial charge in [-0.05, 0) is 66.9 Å². The fraction of sp³-hybridized carbons (Fsp3) is 0.261. The van der Waals surface area contributed by atoms with Gasteiger partial charge in [0.05, 0.1) is 6.10 Å². The molecule has 154 valence electrons. The minimum atomic E-state index is -0.662. The Hall–Kier alpha value is -3.32. The van der Waals surface area contributed by atoms with Crippen molar-refractivity contribution in [2.45, 2.75) is 19.4 Å². The molecule has 7 heteroatoms. The number of β-amino-alcohol motifs (C(OH)–C–C–N with tert-alkyl or cyclic N) is 1. The van der Waals surface area contributed by atoms with Crippen molar-refractivity contribution in [3.63, 3.8) is 0 Å². The van der Waals surface area contributed by atoms with Crippen LogP contribution < -0.4 is 5.56 Å². The van der Waals surface area contributed by atoms with E-state index in [0.717, 1.165) is 5.56 Å². The van der Waals surface area contributed by atoms with Gasteiger partial charge in [-0.25, -0.2) is 4.39 Å². The first-order chi connectivity index (χ1) is 14.4. The van der Waals surface area contributed by atoms with Crippen molar-refractivity contribution in [1.29, 1.82) is 0 Å². The Labute approximate surface area is 173 Å². The second-order valence-electron chi connectivity index (χ2n) is 7.62. The number of halogens is 1. The first kappa shape index (κ1) is 20.0. The molecule has 1 aromatic carbocycles. The van der Waals surface area contributed by atoms with E-state index in [1.165, 1.54) is 33.7 Å². The summed E-state index contributed by atoms with van der Waals surface area (Å²) >= 11 is 0. The van der Waals surface area contributed by atoms with E-state index < -0.39 is 23.4 Å². The van der Waals surface area contributed by atoms with Gasteiger partial charge in [0.25, 0.3) is 11.5 Å². The molecule has 1 aliphatic rings. The van der Waals surface area contributed by atoms with Gasteiger partial charge in [-0.1, -0.05) is 0 Å². The van der Waals surface area contributed by atoms with E-state index in [0.29, 0.717) is 24.2 Å². The number of likely N-dealkylation sites (tertiary alicyclic amines) is 1. The van der Waals surface area contributed by atoms with Crippen LogP contribution in [0.3, 0.4) is 0 Å². The molecule has 30 heavy (non-hydrogen) atoms. The molecular weight excluding hydrogens is 385 g/mol. The zero-order chi connectivity index (χ0) is 21.3. The van der Waals surface area contributed by atoms with E-state index in [1.807, 2.05) is 12.1 Å². The molecule has 2 aromatic heterocycles. The van der Waals surface area contributed by atoms with Gasteiger partial charge in [0.2, 0.25) is 0 Å². The number of hydrogen-bond donors (Lipinski definition) is 1. The lowest BCUT2D eigenvalue weighted by molar-refractivity contribution is 0.0761. The summed E-state index contributed by atoms with van der Waals surface area (Å²) in [6, 6.07) is 11.0. The van der Waals surface area contributed by atoms with Gasteiger partial charge >= 0.3 is 0 Å². The average Bonchev–Trinajstić information content (AvgIpc) is 3.10. The smallest absolute Gasteiger partial charge is 0.268 e. The van der Waals surface area contributed by atoms with E-state index in [4.69, 9.17) is 0 Å². The Bertz CT molecular complexity index is 1110. The highest BCUT2D eigenvalue weighted by molar-refractivity contribution is 5.95. The van der Waals surface area contributed by atoms with Crippen LogP contribution in [0.5, 0.6) is 0 Å². The standard InChI is InChI=1S/C23H22FN3O3/c1-15-8-11-27(19-4-2-18(24)3-5-19)23(30)21(15)22(29)26-13-17(20(28)14-26)12-16-6-9-25-10-7-16/h2-11,17,20,28H,12-14H2,1H3/t17-,20-/m1/s1. The number of carbonyl (C=O) groups is 1. The molecule has 6 nitrogen and oxygen atoms in total. The van der Waals surface area contributed by atoms with Gasteiger partial charge in [0.1, 0.15) is 11.4 Å². The Morgan fingerprint density at radius 1 is 1.13 bits per heavy atom. The molecule has 1 aliphatic heterocycles. The number of amides is 1. The van der Waals surface area contributed by atoms with E-state index in [9.17, 15) is 19.1 Å². The Kier molecular flexibility index (Phi) is 5.46. The van der Waals surface area contributed by atoms with Crippen LogP contribution in [0.2, 0.25) is 0 Å². The number of aryl methyl sites for hydroxylation is 1. The zero-order valence-corrected chi connectivity index (χ0v) is 16.5. The maximum absolute atomic E-state index is 13.2. The summed E-state index contributed by atoms with van der Waals surface area (Å²) in [5.74, 6) is -0.911. The summed E-state index contributed by atoms with van der Waals surface area (Å²) in [7, 11) is 0. The first-order valence-corrected chi connectivity index (χ1v) is 9.78. The Balaban J connectivity index is 1.59. The van der Waals surface area contributed by atoms with Crippen molar-refractivity contribution >= 4 is 5.91 Å². The van der Waals surface area contributed by atoms with Crippen molar-refractivity contribution < 1.29 is 14.3 Å². The van der Waals surface area contributed by atoms with Gasteiger partial charge in [-0.2, -0.15) is 0 Å². The summed E-state index contributed by atoms with van der Waals surface area (Å²) in [6.07, 6.45) is 4.94. The third-order valence-electron chi connectivity index (χ3n) is 5.56. The molecule has 0 spiro atoms. The molecule has 0 radical (unpaired) electrons. The summed E-state index contributed by atoms with van der Waals surface area (Å²) < 4.78 is 14.6. The highest BCUT2D eigenvalue weighted by Gasteiger charge is 2.35. The molecule has 0 bridgehead atoms. The number of hydrogen-bond acceptors (Lipinski definition) is 4. The fourth-order valence-electron chi connectivity index (χ4n) is 3.89. The van der Waals surface area contributed by atoms with E-state index in [1.54, 1.807) is 31.6 Å². The fourth-order valence-corrected chi connectivity index (χ4v) is 3.89. The van der Waals surface area contributed by atoms with Crippen molar-refractivity contribution in [1.82, 2.24) is 14.5 Å². The van der Waals surface area contributed by atoms with Crippen LogP contribution in [0.25, 0.3) is 5.69 Å². The largest absolute Gasteiger partial charge is 0.391 e. The molecule has 4 rings (SSSR count). The number of pyridine rings is 2.